The zero-order valence-corrected chi connectivity index (χ0v) is 11.6. The Bertz CT molecular complexity index is 515. The maximum Gasteiger partial charge on any atom is 0.251 e. The molecule has 0 spiro atoms. The van der Waals surface area contributed by atoms with Gasteiger partial charge in [-0.2, -0.15) is 0 Å². The van der Waals surface area contributed by atoms with Gasteiger partial charge < -0.3 is 14.8 Å². The van der Waals surface area contributed by atoms with Gasteiger partial charge in [0.05, 0.1) is 7.11 Å². The Kier molecular flexibility index (Phi) is 4.89. The fourth-order valence-corrected chi connectivity index (χ4v) is 2.08. The summed E-state index contributed by atoms with van der Waals surface area (Å²) >= 11 is 0. The van der Waals surface area contributed by atoms with E-state index in [1.54, 1.807) is 18.2 Å². The van der Waals surface area contributed by atoms with E-state index in [0.29, 0.717) is 23.0 Å². The van der Waals surface area contributed by atoms with Crippen LogP contribution in [-0.2, 0) is 0 Å². The molecule has 0 atom stereocenters. The Morgan fingerprint density at radius 1 is 1.45 bits per heavy atom. The Morgan fingerprint density at radius 2 is 2.25 bits per heavy atom. The second-order valence-electron chi connectivity index (χ2n) is 4.87. The summed E-state index contributed by atoms with van der Waals surface area (Å²) in [5.74, 6) is 4.00. The molecular formula is C16H19NO3. The van der Waals surface area contributed by atoms with Gasteiger partial charge in [0.25, 0.3) is 5.91 Å². The van der Waals surface area contributed by atoms with Crippen LogP contribution in [0, 0.1) is 18.3 Å². The largest absolute Gasteiger partial charge is 0.493 e. The molecule has 2 rings (SSSR count). The predicted molar refractivity (Wildman–Crippen MR) is 77.0 cm³/mol. The van der Waals surface area contributed by atoms with Gasteiger partial charge in [0.2, 0.25) is 0 Å². The minimum absolute atomic E-state index is 0.0845. The predicted octanol–water partition coefficient (Wildman–Crippen LogP) is 2.24. The number of hydrogen-bond donors (Lipinski definition) is 1. The van der Waals surface area contributed by atoms with E-state index in [0.717, 1.165) is 6.54 Å². The number of rotatable bonds is 6. The molecule has 4 nitrogen and oxygen atoms in total. The van der Waals surface area contributed by atoms with Crippen molar-refractivity contribution < 1.29 is 14.3 Å². The highest BCUT2D eigenvalue weighted by atomic mass is 16.5. The summed E-state index contributed by atoms with van der Waals surface area (Å²) in [6, 6.07) is 5.08. The van der Waals surface area contributed by atoms with E-state index in [9.17, 15) is 4.79 Å². The topological polar surface area (TPSA) is 47.6 Å². The molecule has 4 heteroatoms. The van der Waals surface area contributed by atoms with Crippen molar-refractivity contribution in [1.82, 2.24) is 5.32 Å². The molecular weight excluding hydrogens is 254 g/mol. The third-order valence-electron chi connectivity index (χ3n) is 3.51. The summed E-state index contributed by atoms with van der Waals surface area (Å²) in [7, 11) is 1.54. The lowest BCUT2D eigenvalue weighted by atomic mass is 9.85. The number of carbonyl (C=O) groups excluding carboxylic acids is 1. The highest BCUT2D eigenvalue weighted by Gasteiger charge is 2.18. The van der Waals surface area contributed by atoms with Crippen LogP contribution in [0.4, 0.5) is 0 Å². The summed E-state index contributed by atoms with van der Waals surface area (Å²) < 4.78 is 10.6. The first kappa shape index (κ1) is 14.3. The first-order chi connectivity index (χ1) is 9.74. The molecule has 1 aromatic carbocycles. The van der Waals surface area contributed by atoms with Crippen molar-refractivity contribution in [2.24, 2.45) is 5.92 Å². The van der Waals surface area contributed by atoms with E-state index < -0.39 is 0 Å². The van der Waals surface area contributed by atoms with Gasteiger partial charge in [0.15, 0.2) is 11.5 Å². The lowest BCUT2D eigenvalue weighted by Crippen LogP contribution is -2.32. The number of benzene rings is 1. The lowest BCUT2D eigenvalue weighted by molar-refractivity contribution is 0.0938. The zero-order valence-electron chi connectivity index (χ0n) is 11.6. The fourth-order valence-electron chi connectivity index (χ4n) is 2.08. The van der Waals surface area contributed by atoms with Gasteiger partial charge in [0.1, 0.15) is 6.61 Å². The second kappa shape index (κ2) is 6.85. The van der Waals surface area contributed by atoms with Crippen LogP contribution >= 0.6 is 0 Å². The van der Waals surface area contributed by atoms with Crippen LogP contribution in [0.2, 0.25) is 0 Å². The van der Waals surface area contributed by atoms with Crippen LogP contribution in [0.1, 0.15) is 29.6 Å². The number of terminal acetylenes is 1. The number of carbonyl (C=O) groups is 1. The van der Waals surface area contributed by atoms with Gasteiger partial charge >= 0.3 is 0 Å². The molecule has 1 aliphatic carbocycles. The summed E-state index contributed by atoms with van der Waals surface area (Å²) in [5.41, 5.74) is 0.564. The first-order valence-corrected chi connectivity index (χ1v) is 6.77. The molecule has 20 heavy (non-hydrogen) atoms. The smallest absolute Gasteiger partial charge is 0.251 e. The number of methoxy groups -OCH3 is 1. The Hall–Kier alpha value is -2.15. The van der Waals surface area contributed by atoms with E-state index in [1.165, 1.54) is 26.4 Å². The van der Waals surface area contributed by atoms with Crippen molar-refractivity contribution in [3.05, 3.63) is 23.8 Å². The molecule has 0 aromatic heterocycles. The van der Waals surface area contributed by atoms with Crippen LogP contribution in [0.25, 0.3) is 0 Å². The molecule has 0 heterocycles. The molecule has 1 aromatic rings. The van der Waals surface area contributed by atoms with E-state index in [2.05, 4.69) is 11.2 Å². The molecule has 1 amide bonds. The van der Waals surface area contributed by atoms with Gasteiger partial charge in [0, 0.05) is 12.1 Å². The zero-order chi connectivity index (χ0) is 14.4. The van der Waals surface area contributed by atoms with Crippen molar-refractivity contribution in [1.29, 1.82) is 0 Å². The van der Waals surface area contributed by atoms with Crippen molar-refractivity contribution in [3.8, 4) is 23.8 Å². The standard InChI is InChI=1S/C16H19NO3/c1-3-9-20-14-8-7-13(10-15(14)19-2)16(18)17-11-12-5-4-6-12/h1,7-8,10,12H,4-6,9,11H2,2H3,(H,17,18). The molecule has 0 saturated heterocycles. The van der Waals surface area contributed by atoms with E-state index in [1.807, 2.05) is 0 Å². The maximum absolute atomic E-state index is 12.0. The van der Waals surface area contributed by atoms with Gasteiger partial charge in [-0.05, 0) is 37.0 Å². The lowest BCUT2D eigenvalue weighted by Gasteiger charge is -2.25. The SMILES string of the molecule is C#CCOc1ccc(C(=O)NCC2CCC2)cc1OC. The van der Waals surface area contributed by atoms with E-state index in [4.69, 9.17) is 15.9 Å². The van der Waals surface area contributed by atoms with Crippen LogP contribution in [0.5, 0.6) is 11.5 Å². The van der Waals surface area contributed by atoms with Crippen LogP contribution < -0.4 is 14.8 Å². The van der Waals surface area contributed by atoms with E-state index >= 15 is 0 Å². The minimum atomic E-state index is -0.0845. The van der Waals surface area contributed by atoms with Gasteiger partial charge in [-0.3, -0.25) is 4.79 Å². The molecule has 1 fully saturated rings. The van der Waals surface area contributed by atoms with Crippen molar-refractivity contribution in [3.63, 3.8) is 0 Å². The third kappa shape index (κ3) is 3.45. The first-order valence-electron chi connectivity index (χ1n) is 6.77. The molecule has 0 unspecified atom stereocenters. The average Bonchev–Trinajstić information content (AvgIpc) is 2.43. The van der Waals surface area contributed by atoms with Crippen LogP contribution in [-0.4, -0.2) is 26.2 Å². The highest BCUT2D eigenvalue weighted by Crippen LogP contribution is 2.28. The summed E-state index contributed by atoms with van der Waals surface area (Å²) in [6.07, 6.45) is 8.85. The number of hydrogen-bond acceptors (Lipinski definition) is 3. The Balaban J connectivity index is 2.00. The molecule has 106 valence electrons. The Morgan fingerprint density at radius 3 is 2.85 bits per heavy atom. The number of ether oxygens (including phenoxy) is 2. The van der Waals surface area contributed by atoms with Crippen LogP contribution in [0.15, 0.2) is 18.2 Å². The average molecular weight is 273 g/mol. The summed E-state index contributed by atoms with van der Waals surface area (Å²) in [5, 5.41) is 2.95. The van der Waals surface area contributed by atoms with Crippen molar-refractivity contribution >= 4 is 5.91 Å². The third-order valence-corrected chi connectivity index (χ3v) is 3.51. The highest BCUT2D eigenvalue weighted by molar-refractivity contribution is 5.94. The fraction of sp³-hybridized carbons (Fsp3) is 0.438. The van der Waals surface area contributed by atoms with Crippen LogP contribution in [0.3, 0.4) is 0 Å². The van der Waals surface area contributed by atoms with Gasteiger partial charge in [-0.1, -0.05) is 12.3 Å². The van der Waals surface area contributed by atoms with Crippen molar-refractivity contribution in [2.45, 2.75) is 19.3 Å². The van der Waals surface area contributed by atoms with Gasteiger partial charge in [-0.15, -0.1) is 6.42 Å². The number of nitrogens with one attached hydrogen (secondary N) is 1. The monoisotopic (exact) mass is 273 g/mol. The maximum atomic E-state index is 12.0. The minimum Gasteiger partial charge on any atom is -0.493 e. The molecule has 1 aliphatic rings. The molecule has 0 radical (unpaired) electrons. The Labute approximate surface area is 119 Å². The summed E-state index contributed by atoms with van der Waals surface area (Å²) in [6.45, 7) is 0.917. The van der Waals surface area contributed by atoms with E-state index in [-0.39, 0.29) is 12.5 Å². The van der Waals surface area contributed by atoms with Gasteiger partial charge in [-0.25, -0.2) is 0 Å². The number of amides is 1. The molecule has 1 N–H and O–H groups in total. The molecule has 1 saturated carbocycles. The molecule has 0 aliphatic heterocycles. The van der Waals surface area contributed by atoms with Crippen molar-refractivity contribution in [2.75, 3.05) is 20.3 Å². The molecule has 0 bridgehead atoms. The summed E-state index contributed by atoms with van der Waals surface area (Å²) in [4.78, 5) is 12.0. The normalized spacial score (nSPS) is 14.0. The quantitative estimate of drug-likeness (QED) is 0.809. The second-order valence-corrected chi connectivity index (χ2v) is 4.87.